The minimum absolute atomic E-state index is 0.124. The number of nitrogens with one attached hydrogen (secondary N) is 2. The molecule has 1 aliphatic heterocycles. The predicted molar refractivity (Wildman–Crippen MR) is 107 cm³/mol. The van der Waals surface area contributed by atoms with E-state index in [2.05, 4.69) is 35.6 Å². The molecule has 28 heavy (non-hydrogen) atoms. The summed E-state index contributed by atoms with van der Waals surface area (Å²) in [5.74, 6) is 1.38. The first-order valence-corrected chi connectivity index (χ1v) is 9.26. The van der Waals surface area contributed by atoms with Gasteiger partial charge in [-0.05, 0) is 44.0 Å². The molecule has 3 aromatic rings. The fourth-order valence-electron chi connectivity index (χ4n) is 3.12. The van der Waals surface area contributed by atoms with Gasteiger partial charge in [0, 0.05) is 36.2 Å². The number of carbonyl (C=O) groups is 1. The summed E-state index contributed by atoms with van der Waals surface area (Å²) in [7, 11) is 0. The van der Waals surface area contributed by atoms with Crippen LogP contribution in [-0.2, 0) is 11.3 Å². The van der Waals surface area contributed by atoms with Crippen molar-refractivity contribution in [2.75, 3.05) is 28.6 Å². The fourth-order valence-corrected chi connectivity index (χ4v) is 3.12. The monoisotopic (exact) mass is 378 g/mol. The van der Waals surface area contributed by atoms with Crippen molar-refractivity contribution < 1.29 is 4.79 Å². The van der Waals surface area contributed by atoms with Crippen LogP contribution in [0.25, 0.3) is 0 Å². The average Bonchev–Trinajstić information content (AvgIpc) is 3.37. The number of hydrogen-bond donors (Lipinski definition) is 2. The SMILES string of the molecule is Cc1cc(Nc2ccc(NC(=O)Cn3cncn3)cc2)nc(N2CCCC2)n1. The third-order valence-electron chi connectivity index (χ3n) is 4.44. The zero-order valence-corrected chi connectivity index (χ0v) is 15.7. The van der Waals surface area contributed by atoms with Crippen LogP contribution in [0.4, 0.5) is 23.1 Å². The summed E-state index contributed by atoms with van der Waals surface area (Å²) in [6.45, 7) is 4.11. The molecular weight excluding hydrogens is 356 g/mol. The Balaban J connectivity index is 1.39. The Morgan fingerprint density at radius 2 is 1.86 bits per heavy atom. The van der Waals surface area contributed by atoms with E-state index in [4.69, 9.17) is 0 Å². The van der Waals surface area contributed by atoms with Crippen LogP contribution in [0.1, 0.15) is 18.5 Å². The lowest BCUT2D eigenvalue weighted by Gasteiger charge is -2.17. The summed E-state index contributed by atoms with van der Waals surface area (Å²) in [4.78, 5) is 27.2. The molecule has 1 amide bonds. The summed E-state index contributed by atoms with van der Waals surface area (Å²) >= 11 is 0. The van der Waals surface area contributed by atoms with Crippen molar-refractivity contribution in [3.63, 3.8) is 0 Å². The van der Waals surface area contributed by atoms with E-state index < -0.39 is 0 Å². The number of benzene rings is 1. The number of amides is 1. The van der Waals surface area contributed by atoms with E-state index >= 15 is 0 Å². The standard InChI is InChI=1S/C19H22N8O/c1-14-10-17(25-19(22-14)26-8-2-3-9-26)23-15-4-6-16(7-5-15)24-18(28)11-27-13-20-12-21-27/h4-7,10,12-13H,2-3,8-9,11H2,1H3,(H,24,28)(H,22,23,25). The number of aromatic nitrogens is 5. The molecule has 4 rings (SSSR count). The van der Waals surface area contributed by atoms with E-state index in [0.29, 0.717) is 5.69 Å². The van der Waals surface area contributed by atoms with Crippen molar-refractivity contribution in [3.05, 3.63) is 48.7 Å². The average molecular weight is 378 g/mol. The van der Waals surface area contributed by atoms with Gasteiger partial charge in [0.1, 0.15) is 25.0 Å². The summed E-state index contributed by atoms with van der Waals surface area (Å²) in [5, 5.41) is 10.1. The van der Waals surface area contributed by atoms with Crippen molar-refractivity contribution >= 4 is 29.0 Å². The van der Waals surface area contributed by atoms with Crippen LogP contribution < -0.4 is 15.5 Å². The van der Waals surface area contributed by atoms with Crippen molar-refractivity contribution in [2.24, 2.45) is 0 Å². The smallest absolute Gasteiger partial charge is 0.246 e. The van der Waals surface area contributed by atoms with E-state index in [1.807, 2.05) is 37.3 Å². The van der Waals surface area contributed by atoms with Gasteiger partial charge in [-0.2, -0.15) is 10.1 Å². The molecule has 2 N–H and O–H groups in total. The van der Waals surface area contributed by atoms with Crippen LogP contribution >= 0.6 is 0 Å². The van der Waals surface area contributed by atoms with Gasteiger partial charge in [-0.3, -0.25) is 4.79 Å². The van der Waals surface area contributed by atoms with Gasteiger partial charge in [0.05, 0.1) is 0 Å². The maximum absolute atomic E-state index is 12.0. The quantitative estimate of drug-likeness (QED) is 0.679. The molecule has 2 aromatic heterocycles. The lowest BCUT2D eigenvalue weighted by Crippen LogP contribution is -2.21. The van der Waals surface area contributed by atoms with Crippen LogP contribution in [0, 0.1) is 6.92 Å². The summed E-state index contributed by atoms with van der Waals surface area (Å²) in [5.41, 5.74) is 2.53. The Kier molecular flexibility index (Phi) is 5.14. The summed E-state index contributed by atoms with van der Waals surface area (Å²) in [6.07, 6.45) is 5.28. The van der Waals surface area contributed by atoms with Gasteiger partial charge in [0.25, 0.3) is 0 Å². The van der Waals surface area contributed by atoms with Crippen molar-refractivity contribution in [1.29, 1.82) is 0 Å². The Hall–Kier alpha value is -3.49. The Bertz CT molecular complexity index is 933. The second-order valence-electron chi connectivity index (χ2n) is 6.73. The highest BCUT2D eigenvalue weighted by Gasteiger charge is 2.16. The largest absolute Gasteiger partial charge is 0.341 e. The predicted octanol–water partition coefficient (Wildman–Crippen LogP) is 2.36. The molecule has 0 unspecified atom stereocenters. The zero-order chi connectivity index (χ0) is 19.3. The van der Waals surface area contributed by atoms with E-state index in [-0.39, 0.29) is 12.5 Å². The zero-order valence-electron chi connectivity index (χ0n) is 15.7. The molecule has 1 saturated heterocycles. The van der Waals surface area contributed by atoms with Gasteiger partial charge < -0.3 is 15.5 Å². The van der Waals surface area contributed by atoms with Gasteiger partial charge in [-0.25, -0.2) is 14.6 Å². The molecular formula is C19H22N8O. The number of anilines is 4. The lowest BCUT2D eigenvalue weighted by atomic mass is 10.2. The molecule has 0 aliphatic carbocycles. The van der Waals surface area contributed by atoms with E-state index in [1.165, 1.54) is 30.2 Å². The number of hydrogen-bond acceptors (Lipinski definition) is 7. The molecule has 1 aromatic carbocycles. The van der Waals surface area contributed by atoms with Gasteiger partial charge in [0.15, 0.2) is 0 Å². The Labute approximate surface area is 162 Å². The van der Waals surface area contributed by atoms with Crippen LogP contribution in [-0.4, -0.2) is 43.7 Å². The Morgan fingerprint density at radius 1 is 1.11 bits per heavy atom. The molecule has 144 valence electrons. The van der Waals surface area contributed by atoms with Crippen molar-refractivity contribution in [2.45, 2.75) is 26.3 Å². The maximum Gasteiger partial charge on any atom is 0.246 e. The van der Waals surface area contributed by atoms with E-state index in [9.17, 15) is 4.79 Å². The number of aryl methyl sites for hydroxylation is 1. The molecule has 0 radical (unpaired) electrons. The van der Waals surface area contributed by atoms with Crippen LogP contribution in [0.3, 0.4) is 0 Å². The maximum atomic E-state index is 12.0. The highest BCUT2D eigenvalue weighted by atomic mass is 16.2. The van der Waals surface area contributed by atoms with Crippen molar-refractivity contribution in [3.8, 4) is 0 Å². The van der Waals surface area contributed by atoms with Crippen LogP contribution in [0.15, 0.2) is 43.0 Å². The molecule has 3 heterocycles. The van der Waals surface area contributed by atoms with E-state index in [1.54, 1.807) is 0 Å². The lowest BCUT2D eigenvalue weighted by molar-refractivity contribution is -0.116. The highest BCUT2D eigenvalue weighted by molar-refractivity contribution is 5.90. The summed E-state index contributed by atoms with van der Waals surface area (Å²) in [6, 6.07) is 9.41. The minimum Gasteiger partial charge on any atom is -0.341 e. The molecule has 1 aliphatic rings. The Morgan fingerprint density at radius 3 is 2.57 bits per heavy atom. The third-order valence-corrected chi connectivity index (χ3v) is 4.44. The second kappa shape index (κ2) is 8.03. The molecule has 9 nitrogen and oxygen atoms in total. The van der Waals surface area contributed by atoms with Crippen molar-refractivity contribution in [1.82, 2.24) is 24.7 Å². The molecule has 0 saturated carbocycles. The van der Waals surface area contributed by atoms with E-state index in [0.717, 1.165) is 36.2 Å². The molecule has 0 bridgehead atoms. The molecule has 1 fully saturated rings. The first kappa shape index (κ1) is 17.9. The molecule has 9 heteroatoms. The van der Waals surface area contributed by atoms with Crippen LogP contribution in [0.2, 0.25) is 0 Å². The van der Waals surface area contributed by atoms with Gasteiger partial charge >= 0.3 is 0 Å². The highest BCUT2D eigenvalue weighted by Crippen LogP contribution is 2.22. The van der Waals surface area contributed by atoms with Gasteiger partial charge in [0.2, 0.25) is 11.9 Å². The number of nitrogens with zero attached hydrogens (tertiary/aromatic N) is 6. The normalized spacial score (nSPS) is 13.5. The number of rotatable bonds is 6. The third kappa shape index (κ3) is 4.43. The van der Waals surface area contributed by atoms with Gasteiger partial charge in [-0.1, -0.05) is 0 Å². The topological polar surface area (TPSA) is 101 Å². The van der Waals surface area contributed by atoms with Gasteiger partial charge in [-0.15, -0.1) is 0 Å². The fraction of sp³-hybridized carbons (Fsp3) is 0.316. The first-order chi connectivity index (χ1) is 13.7. The molecule has 0 atom stereocenters. The minimum atomic E-state index is -0.159. The summed E-state index contributed by atoms with van der Waals surface area (Å²) < 4.78 is 1.47. The first-order valence-electron chi connectivity index (χ1n) is 9.26. The number of carbonyl (C=O) groups excluding carboxylic acids is 1. The molecule has 0 spiro atoms. The second-order valence-corrected chi connectivity index (χ2v) is 6.73. The van der Waals surface area contributed by atoms with Crippen LogP contribution in [0.5, 0.6) is 0 Å².